The number of nitrogens with one attached hydrogen (secondary N) is 1. The Bertz CT molecular complexity index is 1190. The molecule has 0 aliphatic rings. The smallest absolute Gasteiger partial charge is 0.416 e. The Hall–Kier alpha value is -3.40. The molecule has 2 heterocycles. The summed E-state index contributed by atoms with van der Waals surface area (Å²) in [7, 11) is 0. The third-order valence-corrected chi connectivity index (χ3v) is 4.38. The summed E-state index contributed by atoms with van der Waals surface area (Å²) in [5.41, 5.74) is 0.543. The highest BCUT2D eigenvalue weighted by Crippen LogP contribution is 2.31. The van der Waals surface area contributed by atoms with Crippen LogP contribution in [0.2, 0.25) is 0 Å². The van der Waals surface area contributed by atoms with Crippen LogP contribution in [0.4, 0.5) is 19.1 Å². The monoisotopic (exact) mass is 417 g/mol. The second-order valence-corrected chi connectivity index (χ2v) is 6.72. The van der Waals surface area contributed by atoms with Gasteiger partial charge >= 0.3 is 6.18 Å². The van der Waals surface area contributed by atoms with Crippen LogP contribution in [0, 0.1) is 6.92 Å². The lowest BCUT2D eigenvalue weighted by molar-refractivity contribution is -0.137. The zero-order chi connectivity index (χ0) is 21.3. The SMILES string of the molecule is Cc1nc2c3ccccc3nc(NCC(O)COc3cccc(C(F)(F)F)c3)n2n1. The van der Waals surface area contributed by atoms with E-state index in [2.05, 4.69) is 20.4 Å². The van der Waals surface area contributed by atoms with Gasteiger partial charge in [-0.3, -0.25) is 0 Å². The summed E-state index contributed by atoms with van der Waals surface area (Å²) >= 11 is 0. The first-order valence-electron chi connectivity index (χ1n) is 9.15. The Balaban J connectivity index is 1.45. The molecule has 2 aromatic heterocycles. The van der Waals surface area contributed by atoms with Crippen LogP contribution in [-0.2, 0) is 6.18 Å². The van der Waals surface area contributed by atoms with E-state index >= 15 is 0 Å². The third kappa shape index (κ3) is 4.13. The Morgan fingerprint density at radius 3 is 2.73 bits per heavy atom. The van der Waals surface area contributed by atoms with Crippen LogP contribution in [0.15, 0.2) is 48.5 Å². The number of aromatic nitrogens is 4. The van der Waals surface area contributed by atoms with Crippen molar-refractivity contribution in [2.75, 3.05) is 18.5 Å². The van der Waals surface area contributed by atoms with Gasteiger partial charge in [0.05, 0.1) is 11.1 Å². The number of alkyl halides is 3. The molecular weight excluding hydrogens is 399 g/mol. The zero-order valence-corrected chi connectivity index (χ0v) is 15.9. The van der Waals surface area contributed by atoms with Crippen molar-refractivity contribution in [3.63, 3.8) is 0 Å². The molecule has 0 aliphatic heterocycles. The van der Waals surface area contributed by atoms with Crippen molar-refractivity contribution < 1.29 is 23.0 Å². The fourth-order valence-electron chi connectivity index (χ4n) is 3.00. The summed E-state index contributed by atoms with van der Waals surface area (Å²) in [6.07, 6.45) is -5.45. The van der Waals surface area contributed by atoms with Crippen LogP contribution in [0.25, 0.3) is 16.6 Å². The van der Waals surface area contributed by atoms with E-state index in [1.165, 1.54) is 12.1 Å². The van der Waals surface area contributed by atoms with E-state index in [9.17, 15) is 18.3 Å². The van der Waals surface area contributed by atoms with Crippen LogP contribution in [0.5, 0.6) is 5.75 Å². The molecule has 7 nitrogen and oxygen atoms in total. The highest BCUT2D eigenvalue weighted by molar-refractivity contribution is 5.92. The number of benzene rings is 2. The number of halogens is 3. The van der Waals surface area contributed by atoms with Crippen molar-refractivity contribution in [3.8, 4) is 5.75 Å². The predicted octanol–water partition coefficient (Wildman–Crippen LogP) is 3.46. The lowest BCUT2D eigenvalue weighted by Gasteiger charge is -2.15. The van der Waals surface area contributed by atoms with Gasteiger partial charge in [0, 0.05) is 11.9 Å². The van der Waals surface area contributed by atoms with Crippen LogP contribution in [0.3, 0.4) is 0 Å². The number of aliphatic hydroxyl groups excluding tert-OH is 1. The Kier molecular flexibility index (Phi) is 5.17. The molecule has 1 unspecified atom stereocenters. The number of hydrogen-bond acceptors (Lipinski definition) is 6. The van der Waals surface area contributed by atoms with Gasteiger partial charge in [0.1, 0.15) is 24.3 Å². The first-order chi connectivity index (χ1) is 14.3. The predicted molar refractivity (Wildman–Crippen MR) is 104 cm³/mol. The molecular formula is C20H18F3N5O2. The van der Waals surface area contributed by atoms with Gasteiger partial charge in [-0.1, -0.05) is 18.2 Å². The third-order valence-electron chi connectivity index (χ3n) is 4.38. The van der Waals surface area contributed by atoms with E-state index in [1.54, 1.807) is 11.4 Å². The standard InChI is InChI=1S/C20H18F3N5O2/c1-12-25-18-16-7-2-3-8-17(16)26-19(28(18)27-12)24-10-14(29)11-30-15-6-4-5-13(9-15)20(21,22)23/h2-9,14,29H,10-11H2,1H3,(H,24,26). The fraction of sp³-hybridized carbons (Fsp3) is 0.250. The van der Waals surface area contributed by atoms with Gasteiger partial charge in [-0.2, -0.15) is 17.7 Å². The van der Waals surface area contributed by atoms with E-state index in [0.717, 1.165) is 23.0 Å². The average Bonchev–Trinajstić information content (AvgIpc) is 3.12. The van der Waals surface area contributed by atoms with Gasteiger partial charge < -0.3 is 15.2 Å². The maximum Gasteiger partial charge on any atom is 0.416 e. The normalized spacial score (nSPS) is 13.0. The Morgan fingerprint density at radius 2 is 1.93 bits per heavy atom. The lowest BCUT2D eigenvalue weighted by atomic mass is 10.2. The van der Waals surface area contributed by atoms with E-state index in [4.69, 9.17) is 4.74 Å². The summed E-state index contributed by atoms with van der Waals surface area (Å²) in [6.45, 7) is 1.63. The molecule has 10 heteroatoms. The molecule has 2 aromatic carbocycles. The van der Waals surface area contributed by atoms with E-state index in [1.807, 2.05) is 24.3 Å². The second kappa shape index (κ2) is 7.79. The van der Waals surface area contributed by atoms with Gasteiger partial charge in [0.15, 0.2) is 5.65 Å². The zero-order valence-electron chi connectivity index (χ0n) is 15.9. The number of aliphatic hydroxyl groups is 1. The van der Waals surface area contributed by atoms with Crippen LogP contribution in [0.1, 0.15) is 11.4 Å². The molecule has 0 spiro atoms. The summed E-state index contributed by atoms with van der Waals surface area (Å²) in [6, 6.07) is 12.0. The van der Waals surface area contributed by atoms with Gasteiger partial charge in [-0.15, -0.1) is 5.10 Å². The molecule has 1 atom stereocenters. The van der Waals surface area contributed by atoms with Crippen LogP contribution < -0.4 is 10.1 Å². The van der Waals surface area contributed by atoms with Crippen molar-refractivity contribution in [3.05, 3.63) is 59.9 Å². The summed E-state index contributed by atoms with van der Waals surface area (Å²) in [5, 5.41) is 18.4. The number of anilines is 1. The van der Waals surface area contributed by atoms with Crippen molar-refractivity contribution in [2.24, 2.45) is 0 Å². The summed E-state index contributed by atoms with van der Waals surface area (Å²) < 4.78 is 45.2. The molecule has 0 saturated carbocycles. The molecule has 0 saturated heterocycles. The number of nitrogens with zero attached hydrogens (tertiary/aromatic N) is 4. The molecule has 30 heavy (non-hydrogen) atoms. The summed E-state index contributed by atoms with van der Waals surface area (Å²) in [4.78, 5) is 8.94. The number of aryl methyl sites for hydroxylation is 1. The van der Waals surface area contributed by atoms with Crippen LogP contribution in [-0.4, -0.2) is 43.9 Å². The first-order valence-corrected chi connectivity index (χ1v) is 9.15. The Morgan fingerprint density at radius 1 is 1.13 bits per heavy atom. The summed E-state index contributed by atoms with van der Waals surface area (Å²) in [5.74, 6) is 0.994. The largest absolute Gasteiger partial charge is 0.491 e. The topological polar surface area (TPSA) is 84.6 Å². The number of hydrogen-bond donors (Lipinski definition) is 2. The molecule has 0 aliphatic carbocycles. The molecule has 156 valence electrons. The highest BCUT2D eigenvalue weighted by atomic mass is 19.4. The molecule has 0 fully saturated rings. The fourth-order valence-corrected chi connectivity index (χ4v) is 3.00. The van der Waals surface area contributed by atoms with E-state index in [-0.39, 0.29) is 18.9 Å². The maximum atomic E-state index is 12.8. The number of rotatable bonds is 6. The van der Waals surface area contributed by atoms with Crippen molar-refractivity contribution >= 4 is 22.5 Å². The highest BCUT2D eigenvalue weighted by Gasteiger charge is 2.30. The molecule has 4 rings (SSSR count). The van der Waals surface area contributed by atoms with Crippen molar-refractivity contribution in [2.45, 2.75) is 19.2 Å². The lowest BCUT2D eigenvalue weighted by Crippen LogP contribution is -2.27. The molecule has 4 aromatic rings. The number of ether oxygens (including phenoxy) is 1. The molecule has 0 amide bonds. The van der Waals surface area contributed by atoms with Crippen molar-refractivity contribution in [1.29, 1.82) is 0 Å². The van der Waals surface area contributed by atoms with Gasteiger partial charge in [-0.25, -0.2) is 9.97 Å². The molecule has 0 bridgehead atoms. The van der Waals surface area contributed by atoms with Crippen molar-refractivity contribution in [1.82, 2.24) is 19.6 Å². The minimum Gasteiger partial charge on any atom is -0.491 e. The van der Waals surface area contributed by atoms with Gasteiger partial charge in [-0.05, 0) is 37.3 Å². The quantitative estimate of drug-likeness (QED) is 0.500. The molecule has 0 radical (unpaired) electrons. The minimum absolute atomic E-state index is 0.0296. The van der Waals surface area contributed by atoms with E-state index in [0.29, 0.717) is 17.4 Å². The molecule has 2 N–H and O–H groups in total. The second-order valence-electron chi connectivity index (χ2n) is 6.72. The number of fused-ring (bicyclic) bond motifs is 3. The van der Waals surface area contributed by atoms with Gasteiger partial charge in [0.25, 0.3) is 0 Å². The minimum atomic E-state index is -4.46. The van der Waals surface area contributed by atoms with Gasteiger partial charge in [0.2, 0.25) is 5.95 Å². The number of para-hydroxylation sites is 1. The first kappa shape index (κ1) is 19.9. The maximum absolute atomic E-state index is 12.8. The van der Waals surface area contributed by atoms with Crippen LogP contribution >= 0.6 is 0 Å². The average molecular weight is 417 g/mol. The Labute approximate surface area is 169 Å². The van der Waals surface area contributed by atoms with E-state index < -0.39 is 17.8 Å².